The summed E-state index contributed by atoms with van der Waals surface area (Å²) in [5.74, 6) is 0.0417. The Morgan fingerprint density at radius 2 is 1.83 bits per heavy atom. The SMILES string of the molecule is Cc1cccc(OCC(=O)N(Cc2ccc(Cl)cc2Cl)C(C)C(=O)NC(C)C)c1. The van der Waals surface area contributed by atoms with Gasteiger partial charge in [-0.2, -0.15) is 0 Å². The van der Waals surface area contributed by atoms with Gasteiger partial charge in [0.2, 0.25) is 5.91 Å². The van der Waals surface area contributed by atoms with Crippen molar-refractivity contribution in [3.63, 3.8) is 0 Å². The third-order valence-electron chi connectivity index (χ3n) is 4.31. The number of aryl methyl sites for hydroxylation is 1. The molecule has 2 aromatic carbocycles. The topological polar surface area (TPSA) is 58.6 Å². The largest absolute Gasteiger partial charge is 0.484 e. The minimum absolute atomic E-state index is 0.0374. The van der Waals surface area contributed by atoms with Crippen LogP contribution in [-0.2, 0) is 16.1 Å². The second kappa shape index (κ2) is 10.5. The summed E-state index contributed by atoms with van der Waals surface area (Å²) in [6, 6.07) is 11.8. The van der Waals surface area contributed by atoms with Gasteiger partial charge in [0.15, 0.2) is 6.61 Å². The molecule has 5 nitrogen and oxygen atoms in total. The number of ether oxygens (including phenoxy) is 1. The fraction of sp³-hybridized carbons (Fsp3) is 0.364. The molecule has 2 aromatic rings. The predicted molar refractivity (Wildman–Crippen MR) is 116 cm³/mol. The first-order chi connectivity index (χ1) is 13.7. The van der Waals surface area contributed by atoms with E-state index in [-0.39, 0.29) is 31.0 Å². The van der Waals surface area contributed by atoms with Crippen LogP contribution in [-0.4, -0.2) is 35.4 Å². The fourth-order valence-electron chi connectivity index (χ4n) is 2.75. The van der Waals surface area contributed by atoms with E-state index in [9.17, 15) is 9.59 Å². The van der Waals surface area contributed by atoms with E-state index in [4.69, 9.17) is 27.9 Å². The van der Waals surface area contributed by atoms with Crippen LogP contribution in [0.15, 0.2) is 42.5 Å². The molecular weight excluding hydrogens is 411 g/mol. The van der Waals surface area contributed by atoms with Crippen LogP contribution in [0.3, 0.4) is 0 Å². The molecule has 7 heteroatoms. The molecule has 1 unspecified atom stereocenters. The highest BCUT2D eigenvalue weighted by Crippen LogP contribution is 2.23. The predicted octanol–water partition coefficient (Wildman–Crippen LogP) is 4.62. The third-order valence-corrected chi connectivity index (χ3v) is 4.89. The Labute approximate surface area is 181 Å². The molecule has 2 amide bonds. The van der Waals surface area contributed by atoms with Crippen LogP contribution < -0.4 is 10.1 Å². The van der Waals surface area contributed by atoms with Crippen molar-refractivity contribution in [2.24, 2.45) is 0 Å². The number of amides is 2. The Morgan fingerprint density at radius 3 is 2.45 bits per heavy atom. The van der Waals surface area contributed by atoms with Crippen molar-refractivity contribution >= 4 is 35.0 Å². The first kappa shape index (κ1) is 23.0. The molecule has 0 aromatic heterocycles. The summed E-state index contributed by atoms with van der Waals surface area (Å²) in [7, 11) is 0. The molecule has 0 aliphatic heterocycles. The van der Waals surface area contributed by atoms with Crippen molar-refractivity contribution in [1.82, 2.24) is 10.2 Å². The average molecular weight is 437 g/mol. The van der Waals surface area contributed by atoms with E-state index in [0.717, 1.165) is 5.56 Å². The number of hydrogen-bond acceptors (Lipinski definition) is 3. The number of halogens is 2. The highest BCUT2D eigenvalue weighted by molar-refractivity contribution is 6.35. The van der Waals surface area contributed by atoms with E-state index in [1.807, 2.05) is 39.0 Å². The molecule has 29 heavy (non-hydrogen) atoms. The standard InChI is InChI=1S/C22H26Cl2N2O3/c1-14(2)25-22(28)16(4)26(12-17-8-9-18(23)11-20(17)24)21(27)13-29-19-7-5-6-15(3)10-19/h5-11,14,16H,12-13H2,1-4H3,(H,25,28). The van der Waals surface area contributed by atoms with Gasteiger partial charge in [-0.05, 0) is 63.1 Å². The molecule has 0 bridgehead atoms. The first-order valence-corrected chi connectivity index (χ1v) is 10.2. The van der Waals surface area contributed by atoms with Crippen molar-refractivity contribution in [2.45, 2.75) is 46.3 Å². The maximum absolute atomic E-state index is 13.0. The Hall–Kier alpha value is -2.24. The quantitative estimate of drug-likeness (QED) is 0.656. The van der Waals surface area contributed by atoms with Gasteiger partial charge in [0.05, 0.1) is 0 Å². The maximum atomic E-state index is 13.0. The molecular formula is C22H26Cl2N2O3. The van der Waals surface area contributed by atoms with Gasteiger partial charge in [-0.15, -0.1) is 0 Å². The van der Waals surface area contributed by atoms with Gasteiger partial charge < -0.3 is 15.0 Å². The van der Waals surface area contributed by atoms with Crippen LogP contribution in [0.1, 0.15) is 31.9 Å². The summed E-state index contributed by atoms with van der Waals surface area (Å²) in [6.45, 7) is 7.35. The first-order valence-electron chi connectivity index (χ1n) is 9.40. The second-order valence-corrected chi connectivity index (χ2v) is 8.05. The number of rotatable bonds is 8. The van der Waals surface area contributed by atoms with Crippen LogP contribution in [0.4, 0.5) is 0 Å². The lowest BCUT2D eigenvalue weighted by molar-refractivity contribution is -0.142. The Balaban J connectivity index is 2.20. The molecule has 0 spiro atoms. The maximum Gasteiger partial charge on any atom is 0.261 e. The molecule has 156 valence electrons. The number of nitrogens with zero attached hydrogens (tertiary/aromatic N) is 1. The van der Waals surface area contributed by atoms with Gasteiger partial charge in [0.25, 0.3) is 5.91 Å². The molecule has 0 saturated heterocycles. The molecule has 0 saturated carbocycles. The van der Waals surface area contributed by atoms with E-state index in [1.165, 1.54) is 4.90 Å². The lowest BCUT2D eigenvalue weighted by atomic mass is 10.1. The Kier molecular flexibility index (Phi) is 8.35. The molecule has 2 rings (SSSR count). The average Bonchev–Trinajstić information content (AvgIpc) is 2.64. The van der Waals surface area contributed by atoms with E-state index in [1.54, 1.807) is 31.2 Å². The number of benzene rings is 2. The zero-order valence-corrected chi connectivity index (χ0v) is 18.6. The summed E-state index contributed by atoms with van der Waals surface area (Å²) >= 11 is 12.3. The van der Waals surface area contributed by atoms with Crippen molar-refractivity contribution in [2.75, 3.05) is 6.61 Å². The normalized spacial score (nSPS) is 11.8. The number of hydrogen-bond donors (Lipinski definition) is 1. The molecule has 0 aliphatic carbocycles. The Morgan fingerprint density at radius 1 is 1.10 bits per heavy atom. The van der Waals surface area contributed by atoms with E-state index in [0.29, 0.717) is 21.4 Å². The summed E-state index contributed by atoms with van der Waals surface area (Å²) in [5.41, 5.74) is 1.73. The van der Waals surface area contributed by atoms with Gasteiger partial charge >= 0.3 is 0 Å². The van der Waals surface area contributed by atoms with Crippen molar-refractivity contribution in [3.8, 4) is 5.75 Å². The lowest BCUT2D eigenvalue weighted by Crippen LogP contribution is -2.50. The highest BCUT2D eigenvalue weighted by atomic mass is 35.5. The van der Waals surface area contributed by atoms with Crippen LogP contribution >= 0.6 is 23.2 Å². The summed E-state index contributed by atoms with van der Waals surface area (Å²) in [6.07, 6.45) is 0. The zero-order chi connectivity index (χ0) is 21.6. The van der Waals surface area contributed by atoms with E-state index >= 15 is 0 Å². The fourth-order valence-corrected chi connectivity index (χ4v) is 3.22. The number of carbonyl (C=O) groups is 2. The van der Waals surface area contributed by atoms with Gasteiger partial charge in [0.1, 0.15) is 11.8 Å². The van der Waals surface area contributed by atoms with Crippen molar-refractivity contribution < 1.29 is 14.3 Å². The molecule has 1 atom stereocenters. The molecule has 0 aliphatic rings. The molecule has 0 heterocycles. The van der Waals surface area contributed by atoms with Crippen LogP contribution in [0.5, 0.6) is 5.75 Å². The van der Waals surface area contributed by atoms with E-state index < -0.39 is 6.04 Å². The second-order valence-electron chi connectivity index (χ2n) is 7.20. The van der Waals surface area contributed by atoms with Crippen LogP contribution in [0, 0.1) is 6.92 Å². The Bertz CT molecular complexity index is 871. The minimum atomic E-state index is -0.697. The zero-order valence-electron chi connectivity index (χ0n) is 17.0. The molecule has 0 fully saturated rings. The minimum Gasteiger partial charge on any atom is -0.484 e. The smallest absolute Gasteiger partial charge is 0.261 e. The van der Waals surface area contributed by atoms with Crippen molar-refractivity contribution in [3.05, 3.63) is 63.6 Å². The van der Waals surface area contributed by atoms with Crippen molar-refractivity contribution in [1.29, 1.82) is 0 Å². The van der Waals surface area contributed by atoms with Gasteiger partial charge in [0, 0.05) is 22.6 Å². The van der Waals surface area contributed by atoms with Gasteiger partial charge in [-0.25, -0.2) is 0 Å². The summed E-state index contributed by atoms with van der Waals surface area (Å²) in [4.78, 5) is 27.0. The van der Waals surface area contributed by atoms with E-state index in [2.05, 4.69) is 5.32 Å². The number of nitrogens with one attached hydrogen (secondary N) is 1. The van der Waals surface area contributed by atoms with Crippen LogP contribution in [0.25, 0.3) is 0 Å². The third kappa shape index (κ3) is 6.94. The van der Waals surface area contributed by atoms with Gasteiger partial charge in [-0.1, -0.05) is 41.4 Å². The molecule has 1 N–H and O–H groups in total. The summed E-state index contributed by atoms with van der Waals surface area (Å²) in [5, 5.41) is 3.78. The molecule has 0 radical (unpaired) electrons. The highest BCUT2D eigenvalue weighted by Gasteiger charge is 2.27. The van der Waals surface area contributed by atoms with Crippen LogP contribution in [0.2, 0.25) is 10.0 Å². The monoisotopic (exact) mass is 436 g/mol. The summed E-state index contributed by atoms with van der Waals surface area (Å²) < 4.78 is 5.65. The van der Waals surface area contributed by atoms with Gasteiger partial charge in [-0.3, -0.25) is 9.59 Å². The number of carbonyl (C=O) groups excluding carboxylic acids is 2. The lowest BCUT2D eigenvalue weighted by Gasteiger charge is -2.29.